The van der Waals surface area contributed by atoms with Gasteiger partial charge in [0.25, 0.3) is 0 Å². The molecule has 2 heterocycles. The number of likely N-dealkylation sites (tertiary alicyclic amines) is 1. The summed E-state index contributed by atoms with van der Waals surface area (Å²) in [6, 6.07) is -0.497. The van der Waals surface area contributed by atoms with Gasteiger partial charge in [0.2, 0.25) is 21.8 Å². The molecular weight excluding hydrogens is 330 g/mol. The van der Waals surface area contributed by atoms with E-state index in [1.165, 1.54) is 10.6 Å². The first-order valence-corrected chi connectivity index (χ1v) is 10.6. The molecule has 8 heteroatoms. The molecule has 0 radical (unpaired) electrons. The minimum atomic E-state index is -3.20. The fraction of sp³-hybridized carbons (Fsp3) is 0.875. The lowest BCUT2D eigenvalue weighted by atomic mass is 9.95. The molecule has 138 valence electrons. The number of hydrogen-bond acceptors (Lipinski definition) is 4. The van der Waals surface area contributed by atoms with Crippen molar-refractivity contribution >= 4 is 21.8 Å². The molecule has 1 atom stereocenters. The second kappa shape index (κ2) is 7.82. The van der Waals surface area contributed by atoms with E-state index in [0.29, 0.717) is 25.9 Å². The van der Waals surface area contributed by atoms with Crippen LogP contribution in [-0.4, -0.2) is 67.9 Å². The topological polar surface area (TPSA) is 86.8 Å². The highest BCUT2D eigenvalue weighted by Crippen LogP contribution is 2.20. The minimum absolute atomic E-state index is 0.00409. The summed E-state index contributed by atoms with van der Waals surface area (Å²) in [5.41, 5.74) is 0. The molecule has 0 bridgehead atoms. The maximum absolute atomic E-state index is 12.6. The van der Waals surface area contributed by atoms with E-state index in [9.17, 15) is 18.0 Å². The van der Waals surface area contributed by atoms with Crippen molar-refractivity contribution in [2.24, 2.45) is 11.8 Å². The zero-order valence-corrected chi connectivity index (χ0v) is 15.6. The van der Waals surface area contributed by atoms with Crippen molar-refractivity contribution in [3.05, 3.63) is 0 Å². The first-order valence-electron chi connectivity index (χ1n) is 8.74. The van der Waals surface area contributed by atoms with Crippen LogP contribution in [0.1, 0.15) is 39.5 Å². The van der Waals surface area contributed by atoms with Crippen molar-refractivity contribution in [2.75, 3.05) is 32.4 Å². The number of piperidine rings is 1. The summed E-state index contributed by atoms with van der Waals surface area (Å²) in [4.78, 5) is 27.0. The maximum Gasteiger partial charge on any atom is 0.245 e. The van der Waals surface area contributed by atoms with Crippen LogP contribution in [-0.2, 0) is 19.6 Å². The smallest absolute Gasteiger partial charge is 0.245 e. The Morgan fingerprint density at radius 3 is 2.04 bits per heavy atom. The molecule has 1 N–H and O–H groups in total. The van der Waals surface area contributed by atoms with Gasteiger partial charge in [0.05, 0.1) is 6.26 Å². The highest BCUT2D eigenvalue weighted by Gasteiger charge is 2.34. The zero-order chi connectivity index (χ0) is 17.9. The minimum Gasteiger partial charge on any atom is -0.344 e. The largest absolute Gasteiger partial charge is 0.344 e. The number of carbonyl (C=O) groups excluding carboxylic acids is 2. The second-order valence-corrected chi connectivity index (χ2v) is 9.18. The fourth-order valence-corrected chi connectivity index (χ4v) is 4.24. The van der Waals surface area contributed by atoms with Crippen LogP contribution in [0.2, 0.25) is 0 Å². The van der Waals surface area contributed by atoms with Crippen LogP contribution >= 0.6 is 0 Å². The molecule has 24 heavy (non-hydrogen) atoms. The molecular formula is C16H29N3O4S. The molecule has 2 rings (SSSR count). The van der Waals surface area contributed by atoms with Gasteiger partial charge in [-0.3, -0.25) is 9.59 Å². The van der Waals surface area contributed by atoms with Crippen molar-refractivity contribution in [1.29, 1.82) is 0 Å². The van der Waals surface area contributed by atoms with Gasteiger partial charge in [-0.25, -0.2) is 12.7 Å². The summed E-state index contributed by atoms with van der Waals surface area (Å²) >= 11 is 0. The van der Waals surface area contributed by atoms with Crippen LogP contribution in [0.3, 0.4) is 0 Å². The number of rotatable bonds is 5. The summed E-state index contributed by atoms with van der Waals surface area (Å²) in [6.07, 6.45) is 4.24. The number of nitrogens with zero attached hydrogens (tertiary/aromatic N) is 2. The van der Waals surface area contributed by atoms with Gasteiger partial charge < -0.3 is 10.2 Å². The highest BCUT2D eigenvalue weighted by atomic mass is 32.2. The van der Waals surface area contributed by atoms with Crippen molar-refractivity contribution in [2.45, 2.75) is 45.6 Å². The SMILES string of the molecule is CC(C)[C@H](NC(=O)C1CCN(S(C)(=O)=O)CC1)C(=O)N1CCCC1. The molecule has 2 aliphatic heterocycles. The van der Waals surface area contributed by atoms with Crippen molar-refractivity contribution in [1.82, 2.24) is 14.5 Å². The van der Waals surface area contributed by atoms with E-state index in [2.05, 4.69) is 5.32 Å². The summed E-state index contributed by atoms with van der Waals surface area (Å²) in [6.45, 7) is 6.14. The van der Waals surface area contributed by atoms with Crippen LogP contribution in [0.25, 0.3) is 0 Å². The molecule has 0 aliphatic carbocycles. The van der Waals surface area contributed by atoms with E-state index in [0.717, 1.165) is 25.9 Å². The first-order chi connectivity index (χ1) is 11.2. The molecule has 0 saturated carbocycles. The Labute approximate surface area is 144 Å². The highest BCUT2D eigenvalue weighted by molar-refractivity contribution is 7.88. The van der Waals surface area contributed by atoms with Gasteiger partial charge in [-0.2, -0.15) is 0 Å². The molecule has 2 amide bonds. The van der Waals surface area contributed by atoms with Crippen LogP contribution in [0, 0.1) is 11.8 Å². The quantitative estimate of drug-likeness (QED) is 0.771. The number of nitrogens with one attached hydrogen (secondary N) is 1. The third-order valence-electron chi connectivity index (χ3n) is 4.94. The van der Waals surface area contributed by atoms with Crippen molar-refractivity contribution < 1.29 is 18.0 Å². The Hall–Kier alpha value is -1.15. The Bertz CT molecular complexity index is 562. The van der Waals surface area contributed by atoms with E-state index in [4.69, 9.17) is 0 Å². The van der Waals surface area contributed by atoms with Crippen LogP contribution in [0.4, 0.5) is 0 Å². The number of hydrogen-bond donors (Lipinski definition) is 1. The van der Waals surface area contributed by atoms with E-state index in [-0.39, 0.29) is 23.7 Å². The average Bonchev–Trinajstić information content (AvgIpc) is 3.05. The first kappa shape index (κ1) is 19.2. The van der Waals surface area contributed by atoms with Gasteiger partial charge in [-0.15, -0.1) is 0 Å². The van der Waals surface area contributed by atoms with Crippen LogP contribution < -0.4 is 5.32 Å². The van der Waals surface area contributed by atoms with Gasteiger partial charge in [-0.1, -0.05) is 13.8 Å². The van der Waals surface area contributed by atoms with E-state index >= 15 is 0 Å². The Morgan fingerprint density at radius 1 is 1.04 bits per heavy atom. The van der Waals surface area contributed by atoms with E-state index in [1.807, 2.05) is 18.7 Å². The zero-order valence-electron chi connectivity index (χ0n) is 14.8. The lowest BCUT2D eigenvalue weighted by molar-refractivity contribution is -0.138. The van der Waals surface area contributed by atoms with Crippen LogP contribution in [0.15, 0.2) is 0 Å². The summed E-state index contributed by atoms with van der Waals surface area (Å²) < 4.78 is 24.5. The molecule has 7 nitrogen and oxygen atoms in total. The van der Waals surface area contributed by atoms with Gasteiger partial charge >= 0.3 is 0 Å². The van der Waals surface area contributed by atoms with Crippen molar-refractivity contribution in [3.63, 3.8) is 0 Å². The summed E-state index contributed by atoms with van der Waals surface area (Å²) in [7, 11) is -3.20. The lowest BCUT2D eigenvalue weighted by Gasteiger charge is -2.32. The second-order valence-electron chi connectivity index (χ2n) is 7.20. The van der Waals surface area contributed by atoms with Gasteiger partial charge in [0.1, 0.15) is 6.04 Å². The predicted octanol–water partition coefficient (Wildman–Crippen LogP) is 0.421. The summed E-state index contributed by atoms with van der Waals surface area (Å²) in [5.74, 6) is -0.326. The standard InChI is InChI=1S/C16H29N3O4S/c1-12(2)14(16(21)18-8-4-5-9-18)17-15(20)13-6-10-19(11-7-13)24(3,22)23/h12-14H,4-11H2,1-3H3,(H,17,20)/t14-/m0/s1. The Balaban J connectivity index is 1.93. The molecule has 0 aromatic carbocycles. The molecule has 2 saturated heterocycles. The predicted molar refractivity (Wildman–Crippen MR) is 91.7 cm³/mol. The molecule has 0 spiro atoms. The van der Waals surface area contributed by atoms with Crippen molar-refractivity contribution in [3.8, 4) is 0 Å². The molecule has 0 aromatic heterocycles. The summed E-state index contributed by atoms with van der Waals surface area (Å²) in [5, 5.41) is 2.92. The van der Waals surface area contributed by atoms with E-state index in [1.54, 1.807) is 0 Å². The van der Waals surface area contributed by atoms with E-state index < -0.39 is 16.1 Å². The lowest BCUT2D eigenvalue weighted by Crippen LogP contribution is -2.53. The Morgan fingerprint density at radius 2 is 1.58 bits per heavy atom. The maximum atomic E-state index is 12.6. The normalized spacial score (nSPS) is 21.9. The number of sulfonamides is 1. The fourth-order valence-electron chi connectivity index (χ4n) is 3.37. The van der Waals surface area contributed by atoms with Crippen LogP contribution in [0.5, 0.6) is 0 Å². The monoisotopic (exact) mass is 359 g/mol. The molecule has 2 aliphatic rings. The number of amides is 2. The Kier molecular flexibility index (Phi) is 6.25. The number of carbonyl (C=O) groups is 2. The average molecular weight is 359 g/mol. The molecule has 0 unspecified atom stereocenters. The van der Waals surface area contributed by atoms with Gasteiger partial charge in [0.15, 0.2) is 0 Å². The molecule has 0 aromatic rings. The van der Waals surface area contributed by atoms with Gasteiger partial charge in [0, 0.05) is 32.1 Å². The third-order valence-corrected chi connectivity index (χ3v) is 6.25. The van der Waals surface area contributed by atoms with Gasteiger partial charge in [-0.05, 0) is 31.6 Å². The molecule has 2 fully saturated rings. The third kappa shape index (κ3) is 4.69.